The standard InChI is InChI=1S/C21H19NO2Se/c1-24-18-13-11-16(12-14-18)15-25-20-10-6-5-9-19(20)21(23)22-17-7-3-2-4-8-17/h2-14H,15H2,1H3,(H,22,23). The number of hydrogen-bond donors (Lipinski definition) is 1. The molecule has 126 valence electrons. The second-order valence-corrected chi connectivity index (χ2v) is 7.59. The molecule has 0 aliphatic heterocycles. The molecule has 3 aromatic rings. The van der Waals surface area contributed by atoms with Gasteiger partial charge in [0, 0.05) is 0 Å². The van der Waals surface area contributed by atoms with Crippen molar-refractivity contribution in [1.82, 2.24) is 0 Å². The zero-order valence-corrected chi connectivity index (χ0v) is 15.7. The van der Waals surface area contributed by atoms with Crippen LogP contribution in [-0.4, -0.2) is 28.0 Å². The summed E-state index contributed by atoms with van der Waals surface area (Å²) in [5.74, 6) is 0.803. The number of methoxy groups -OCH3 is 1. The number of anilines is 1. The van der Waals surface area contributed by atoms with Gasteiger partial charge in [-0.1, -0.05) is 0 Å². The first kappa shape index (κ1) is 17.3. The Bertz CT molecular complexity index is 832. The van der Waals surface area contributed by atoms with Gasteiger partial charge in [-0.25, -0.2) is 0 Å². The van der Waals surface area contributed by atoms with Crippen molar-refractivity contribution in [2.45, 2.75) is 5.32 Å². The van der Waals surface area contributed by atoms with Gasteiger partial charge in [0.05, 0.1) is 0 Å². The normalized spacial score (nSPS) is 10.3. The van der Waals surface area contributed by atoms with Gasteiger partial charge in [-0.2, -0.15) is 0 Å². The third-order valence-corrected chi connectivity index (χ3v) is 6.12. The van der Waals surface area contributed by atoms with E-state index in [0.29, 0.717) is 0 Å². The fraction of sp³-hybridized carbons (Fsp3) is 0.0952. The Kier molecular flexibility index (Phi) is 5.89. The van der Waals surface area contributed by atoms with Crippen molar-refractivity contribution in [2.75, 3.05) is 12.4 Å². The number of carbonyl (C=O) groups is 1. The number of hydrogen-bond acceptors (Lipinski definition) is 2. The van der Waals surface area contributed by atoms with Crippen molar-refractivity contribution in [1.29, 1.82) is 0 Å². The summed E-state index contributed by atoms with van der Waals surface area (Å²) in [4.78, 5) is 12.6. The Labute approximate surface area is 154 Å². The van der Waals surface area contributed by atoms with Crippen LogP contribution in [0.3, 0.4) is 0 Å². The van der Waals surface area contributed by atoms with Gasteiger partial charge >= 0.3 is 154 Å². The molecule has 0 saturated heterocycles. The van der Waals surface area contributed by atoms with E-state index in [1.165, 1.54) is 5.56 Å². The van der Waals surface area contributed by atoms with Crippen LogP contribution < -0.4 is 14.5 Å². The van der Waals surface area contributed by atoms with E-state index < -0.39 is 0 Å². The summed E-state index contributed by atoms with van der Waals surface area (Å²) in [5.41, 5.74) is 2.81. The van der Waals surface area contributed by atoms with E-state index >= 15 is 0 Å². The van der Waals surface area contributed by atoms with Gasteiger partial charge in [-0.05, 0) is 0 Å². The Hall–Kier alpha value is -2.55. The molecule has 0 fully saturated rings. The molecule has 0 radical (unpaired) electrons. The predicted molar refractivity (Wildman–Crippen MR) is 103 cm³/mol. The van der Waals surface area contributed by atoms with Crippen LogP contribution in [0.5, 0.6) is 5.75 Å². The van der Waals surface area contributed by atoms with E-state index in [9.17, 15) is 4.79 Å². The topological polar surface area (TPSA) is 38.3 Å². The molecule has 0 heterocycles. The zero-order valence-electron chi connectivity index (χ0n) is 13.9. The van der Waals surface area contributed by atoms with Crippen molar-refractivity contribution < 1.29 is 9.53 Å². The summed E-state index contributed by atoms with van der Waals surface area (Å²) in [6.45, 7) is 0. The van der Waals surface area contributed by atoms with Crippen LogP contribution >= 0.6 is 0 Å². The third-order valence-electron chi connectivity index (χ3n) is 3.72. The van der Waals surface area contributed by atoms with Gasteiger partial charge in [0.25, 0.3) is 0 Å². The Morgan fingerprint density at radius 3 is 2.32 bits per heavy atom. The van der Waals surface area contributed by atoms with Crippen molar-refractivity contribution in [3.05, 3.63) is 90.0 Å². The fourth-order valence-electron chi connectivity index (χ4n) is 2.38. The summed E-state index contributed by atoms with van der Waals surface area (Å²) < 4.78 is 6.30. The van der Waals surface area contributed by atoms with E-state index in [1.54, 1.807) is 7.11 Å². The van der Waals surface area contributed by atoms with Crippen molar-refractivity contribution >= 4 is 31.0 Å². The molecule has 0 unspecified atom stereocenters. The van der Waals surface area contributed by atoms with Crippen molar-refractivity contribution in [3.8, 4) is 5.75 Å². The molecule has 4 heteroatoms. The first-order valence-corrected chi connectivity index (χ1v) is 10.0. The maximum atomic E-state index is 12.6. The van der Waals surface area contributed by atoms with Crippen molar-refractivity contribution in [2.24, 2.45) is 0 Å². The van der Waals surface area contributed by atoms with Gasteiger partial charge < -0.3 is 0 Å². The van der Waals surface area contributed by atoms with Crippen LogP contribution in [0.1, 0.15) is 15.9 Å². The predicted octanol–water partition coefficient (Wildman–Crippen LogP) is 3.48. The second kappa shape index (κ2) is 8.52. The molecule has 0 aliphatic rings. The second-order valence-electron chi connectivity index (χ2n) is 5.45. The van der Waals surface area contributed by atoms with Gasteiger partial charge in [0.2, 0.25) is 0 Å². The summed E-state index contributed by atoms with van der Waals surface area (Å²) in [5, 5.41) is 3.90. The minimum atomic E-state index is -0.0570. The Morgan fingerprint density at radius 1 is 0.920 bits per heavy atom. The summed E-state index contributed by atoms with van der Waals surface area (Å²) in [7, 11) is 1.67. The quantitative estimate of drug-likeness (QED) is 0.648. The molecular weight excluding hydrogens is 377 g/mol. The average molecular weight is 396 g/mol. The molecule has 1 amide bonds. The minimum absolute atomic E-state index is 0.0570. The Balaban J connectivity index is 1.70. The molecule has 3 nitrogen and oxygen atoms in total. The van der Waals surface area contributed by atoms with E-state index in [4.69, 9.17) is 4.74 Å². The van der Waals surface area contributed by atoms with E-state index in [2.05, 4.69) is 17.4 Å². The number of benzene rings is 3. The molecule has 25 heavy (non-hydrogen) atoms. The monoisotopic (exact) mass is 397 g/mol. The van der Waals surface area contributed by atoms with Gasteiger partial charge in [-0.15, -0.1) is 0 Å². The van der Waals surface area contributed by atoms with E-state index in [0.717, 1.165) is 26.8 Å². The molecule has 0 aromatic heterocycles. The van der Waals surface area contributed by atoms with Crippen LogP contribution in [-0.2, 0) is 5.32 Å². The molecule has 3 rings (SSSR count). The molecular formula is C21H19NO2Se. The number of ether oxygens (including phenoxy) is 1. The fourth-order valence-corrected chi connectivity index (χ4v) is 4.49. The van der Waals surface area contributed by atoms with Gasteiger partial charge in [0.1, 0.15) is 0 Å². The molecule has 0 bridgehead atoms. The first-order chi connectivity index (χ1) is 12.3. The summed E-state index contributed by atoms with van der Waals surface area (Å²) >= 11 is 0.180. The zero-order chi connectivity index (χ0) is 17.5. The summed E-state index contributed by atoms with van der Waals surface area (Å²) in [6, 6.07) is 25.5. The molecule has 0 aliphatic carbocycles. The first-order valence-electron chi connectivity index (χ1n) is 7.97. The number of rotatable bonds is 6. The SMILES string of the molecule is COc1ccc(C[Se]c2ccccc2C(=O)Nc2ccccc2)cc1. The van der Waals surface area contributed by atoms with E-state index in [1.807, 2.05) is 66.7 Å². The molecule has 1 N–H and O–H groups in total. The van der Waals surface area contributed by atoms with Gasteiger partial charge in [0.15, 0.2) is 0 Å². The van der Waals surface area contributed by atoms with Crippen LogP contribution in [0.25, 0.3) is 0 Å². The van der Waals surface area contributed by atoms with Crippen LogP contribution in [0.2, 0.25) is 0 Å². The van der Waals surface area contributed by atoms with Gasteiger partial charge in [-0.3, -0.25) is 0 Å². The molecule has 0 saturated carbocycles. The number of amides is 1. The molecule has 0 atom stereocenters. The van der Waals surface area contributed by atoms with Crippen molar-refractivity contribution in [3.63, 3.8) is 0 Å². The van der Waals surface area contributed by atoms with Crippen LogP contribution in [0.15, 0.2) is 78.9 Å². The number of carbonyl (C=O) groups excluding carboxylic acids is 1. The average Bonchev–Trinajstić information content (AvgIpc) is 2.68. The van der Waals surface area contributed by atoms with Crippen LogP contribution in [0.4, 0.5) is 5.69 Å². The Morgan fingerprint density at radius 2 is 1.60 bits per heavy atom. The summed E-state index contributed by atoms with van der Waals surface area (Å²) in [6.07, 6.45) is 0. The number of para-hydroxylation sites is 1. The third kappa shape index (κ3) is 4.72. The number of nitrogens with one attached hydrogen (secondary N) is 1. The van der Waals surface area contributed by atoms with Crippen LogP contribution in [0, 0.1) is 0 Å². The maximum absolute atomic E-state index is 12.6. The van der Waals surface area contributed by atoms with E-state index in [-0.39, 0.29) is 20.9 Å². The molecule has 3 aromatic carbocycles. The molecule has 0 spiro atoms.